The Balaban J connectivity index is 1.84. The normalized spacial score (nSPS) is 11.3. The number of hydrogen-bond donors (Lipinski definition) is 1. The van der Waals surface area contributed by atoms with Gasteiger partial charge >= 0.3 is 0 Å². The van der Waals surface area contributed by atoms with Crippen LogP contribution in [0.25, 0.3) is 4.96 Å². The van der Waals surface area contributed by atoms with E-state index in [1.807, 2.05) is 25.2 Å². The number of hydrogen-bond acceptors (Lipinski definition) is 4. The van der Waals surface area contributed by atoms with Crippen molar-refractivity contribution in [1.29, 1.82) is 0 Å². The minimum Gasteiger partial charge on any atom is -0.347 e. The maximum atomic E-state index is 13.6. The van der Waals surface area contributed by atoms with Crippen LogP contribution in [-0.2, 0) is 6.54 Å². The summed E-state index contributed by atoms with van der Waals surface area (Å²) in [6.45, 7) is 6.09. The van der Waals surface area contributed by atoms with Crippen molar-refractivity contribution in [2.75, 3.05) is 0 Å². The van der Waals surface area contributed by atoms with Crippen LogP contribution in [0.4, 0.5) is 4.39 Å². The number of carbonyl (C=O) groups is 1. The Morgan fingerprint density at radius 3 is 2.78 bits per heavy atom. The molecule has 0 spiro atoms. The van der Waals surface area contributed by atoms with Crippen molar-refractivity contribution in [3.63, 3.8) is 0 Å². The minimum absolute atomic E-state index is 0.153. The zero-order valence-electron chi connectivity index (χ0n) is 13.1. The lowest BCUT2D eigenvalue weighted by Gasteiger charge is -2.06. The molecule has 7 heteroatoms. The van der Waals surface area contributed by atoms with E-state index in [0.717, 1.165) is 11.5 Å². The quantitative estimate of drug-likeness (QED) is 0.797. The molecule has 120 valence electrons. The summed E-state index contributed by atoms with van der Waals surface area (Å²) < 4.78 is 15.5. The van der Waals surface area contributed by atoms with E-state index in [1.165, 1.54) is 17.4 Å². The largest absolute Gasteiger partial charge is 0.347 e. The summed E-state index contributed by atoms with van der Waals surface area (Å²) in [4.78, 5) is 13.7. The third-order valence-electron chi connectivity index (χ3n) is 3.64. The average molecular weight is 332 g/mol. The molecule has 0 radical (unpaired) electrons. The zero-order valence-corrected chi connectivity index (χ0v) is 13.9. The van der Waals surface area contributed by atoms with Gasteiger partial charge in [0.25, 0.3) is 5.91 Å². The van der Waals surface area contributed by atoms with Crippen LogP contribution in [0.15, 0.2) is 24.3 Å². The second-order valence-electron chi connectivity index (χ2n) is 5.62. The summed E-state index contributed by atoms with van der Waals surface area (Å²) in [6, 6.07) is 6.41. The molecule has 5 nitrogen and oxygen atoms in total. The summed E-state index contributed by atoms with van der Waals surface area (Å²) in [5.41, 5.74) is 1.27. The Bertz CT molecular complexity index is 868. The van der Waals surface area contributed by atoms with Gasteiger partial charge in [-0.2, -0.15) is 0 Å². The number of aromatic nitrogens is 3. The molecule has 0 saturated heterocycles. The molecule has 2 heterocycles. The lowest BCUT2D eigenvalue weighted by atomic mass is 10.2. The standard InChI is InChI=1S/C16H17FN4OS/c1-9(2)14-19-20-16-21(14)10(3)13(23-16)15(22)18-8-11-6-4-5-7-12(11)17/h4-7,9H,8H2,1-3H3,(H,18,22). The first-order valence-corrected chi connectivity index (χ1v) is 8.16. The van der Waals surface area contributed by atoms with Crippen molar-refractivity contribution >= 4 is 22.2 Å². The minimum atomic E-state index is -0.322. The predicted octanol–water partition coefficient (Wildman–Crippen LogP) is 3.29. The number of halogens is 1. The molecule has 0 fully saturated rings. The van der Waals surface area contributed by atoms with Crippen LogP contribution < -0.4 is 5.32 Å². The van der Waals surface area contributed by atoms with Crippen molar-refractivity contribution < 1.29 is 9.18 Å². The number of fused-ring (bicyclic) bond motifs is 1. The molecule has 3 aromatic rings. The van der Waals surface area contributed by atoms with E-state index >= 15 is 0 Å². The lowest BCUT2D eigenvalue weighted by Crippen LogP contribution is -2.23. The van der Waals surface area contributed by atoms with Gasteiger partial charge in [0.05, 0.1) is 0 Å². The van der Waals surface area contributed by atoms with Crippen LogP contribution in [-0.4, -0.2) is 20.5 Å². The number of thiazole rings is 1. The molecule has 0 unspecified atom stereocenters. The number of carbonyl (C=O) groups excluding carboxylic acids is 1. The van der Waals surface area contributed by atoms with Crippen LogP contribution >= 0.6 is 11.3 Å². The van der Waals surface area contributed by atoms with Crippen LogP contribution in [0, 0.1) is 12.7 Å². The fourth-order valence-electron chi connectivity index (χ4n) is 2.41. The van der Waals surface area contributed by atoms with Gasteiger partial charge in [-0.25, -0.2) is 4.39 Å². The predicted molar refractivity (Wildman–Crippen MR) is 87.3 cm³/mol. The third kappa shape index (κ3) is 2.84. The van der Waals surface area contributed by atoms with E-state index in [9.17, 15) is 9.18 Å². The maximum Gasteiger partial charge on any atom is 0.263 e. The van der Waals surface area contributed by atoms with Crippen molar-refractivity contribution in [3.05, 3.63) is 52.0 Å². The second-order valence-corrected chi connectivity index (χ2v) is 6.60. The van der Waals surface area contributed by atoms with Gasteiger partial charge in [0.15, 0.2) is 0 Å². The summed E-state index contributed by atoms with van der Waals surface area (Å²) in [6.07, 6.45) is 0. The molecule has 0 atom stereocenters. The highest BCUT2D eigenvalue weighted by Gasteiger charge is 2.20. The van der Waals surface area contributed by atoms with Crippen molar-refractivity contribution in [1.82, 2.24) is 19.9 Å². The van der Waals surface area contributed by atoms with Gasteiger partial charge in [-0.05, 0) is 13.0 Å². The van der Waals surface area contributed by atoms with E-state index in [1.54, 1.807) is 18.2 Å². The van der Waals surface area contributed by atoms with E-state index < -0.39 is 0 Å². The van der Waals surface area contributed by atoms with Crippen molar-refractivity contribution in [2.24, 2.45) is 0 Å². The summed E-state index contributed by atoms with van der Waals surface area (Å²) >= 11 is 1.29. The molecule has 1 aromatic carbocycles. The number of rotatable bonds is 4. The smallest absolute Gasteiger partial charge is 0.263 e. The second kappa shape index (κ2) is 6.08. The summed E-state index contributed by atoms with van der Waals surface area (Å²) in [5, 5.41) is 11.1. The molecule has 0 saturated carbocycles. The van der Waals surface area contributed by atoms with Gasteiger partial charge in [-0.1, -0.05) is 43.4 Å². The van der Waals surface area contributed by atoms with Crippen molar-refractivity contribution in [2.45, 2.75) is 33.2 Å². The highest BCUT2D eigenvalue weighted by atomic mass is 32.1. The molecule has 23 heavy (non-hydrogen) atoms. The number of nitrogens with zero attached hydrogens (tertiary/aromatic N) is 3. The van der Waals surface area contributed by atoms with E-state index in [2.05, 4.69) is 15.5 Å². The summed E-state index contributed by atoms with van der Waals surface area (Å²) in [5.74, 6) is 0.502. The first-order chi connectivity index (χ1) is 11.0. The van der Waals surface area contributed by atoms with Gasteiger partial charge in [0, 0.05) is 23.7 Å². The Morgan fingerprint density at radius 1 is 1.35 bits per heavy atom. The maximum absolute atomic E-state index is 13.6. The highest BCUT2D eigenvalue weighted by molar-refractivity contribution is 7.19. The molecule has 1 amide bonds. The SMILES string of the molecule is Cc1c(C(=O)NCc2ccccc2F)sc2nnc(C(C)C)n12. The highest BCUT2D eigenvalue weighted by Crippen LogP contribution is 2.25. The molecule has 0 aliphatic heterocycles. The van der Waals surface area contributed by atoms with Crippen LogP contribution in [0.5, 0.6) is 0 Å². The summed E-state index contributed by atoms with van der Waals surface area (Å²) in [7, 11) is 0. The van der Waals surface area contributed by atoms with Crippen LogP contribution in [0.2, 0.25) is 0 Å². The van der Waals surface area contributed by atoms with Gasteiger partial charge in [-0.3, -0.25) is 9.20 Å². The molecular formula is C16H17FN4OS. The number of nitrogens with one attached hydrogen (secondary N) is 1. The average Bonchev–Trinajstić information content (AvgIpc) is 3.07. The number of aryl methyl sites for hydroxylation is 1. The van der Waals surface area contributed by atoms with E-state index in [-0.39, 0.29) is 24.2 Å². The van der Waals surface area contributed by atoms with Gasteiger partial charge in [0.1, 0.15) is 16.5 Å². The van der Waals surface area contributed by atoms with Crippen molar-refractivity contribution in [3.8, 4) is 0 Å². The van der Waals surface area contributed by atoms with Gasteiger partial charge in [-0.15, -0.1) is 10.2 Å². The zero-order chi connectivity index (χ0) is 16.6. The molecule has 0 aliphatic rings. The molecule has 1 N–H and O–H groups in total. The number of benzene rings is 1. The first-order valence-electron chi connectivity index (χ1n) is 7.35. The molecule has 0 bridgehead atoms. The van der Waals surface area contributed by atoms with Gasteiger partial charge < -0.3 is 5.32 Å². The molecule has 0 aliphatic carbocycles. The monoisotopic (exact) mass is 332 g/mol. The van der Waals surface area contributed by atoms with Crippen LogP contribution in [0.1, 0.15) is 46.5 Å². The number of amides is 1. The van der Waals surface area contributed by atoms with Crippen LogP contribution in [0.3, 0.4) is 0 Å². The van der Waals surface area contributed by atoms with E-state index in [0.29, 0.717) is 15.4 Å². The lowest BCUT2D eigenvalue weighted by molar-refractivity contribution is 0.0953. The Labute approximate surface area is 137 Å². The fraction of sp³-hybridized carbons (Fsp3) is 0.312. The molecule has 3 rings (SSSR count). The van der Waals surface area contributed by atoms with E-state index in [4.69, 9.17) is 0 Å². The molecule has 2 aromatic heterocycles. The van der Waals surface area contributed by atoms with Gasteiger partial charge in [0.2, 0.25) is 4.96 Å². The molecular weight excluding hydrogens is 315 g/mol. The topological polar surface area (TPSA) is 59.3 Å². The fourth-order valence-corrected chi connectivity index (χ4v) is 3.40. The third-order valence-corrected chi connectivity index (χ3v) is 4.77. The Kier molecular flexibility index (Phi) is 4.12. The Morgan fingerprint density at radius 2 is 2.09 bits per heavy atom. The first kappa shape index (κ1) is 15.6. The Hall–Kier alpha value is -2.28.